The highest BCUT2D eigenvalue weighted by Crippen LogP contribution is 2.33. The highest BCUT2D eigenvalue weighted by atomic mass is 35.5. The van der Waals surface area contributed by atoms with Gasteiger partial charge in [-0.2, -0.15) is 0 Å². The van der Waals surface area contributed by atoms with Crippen LogP contribution in [0.5, 0.6) is 0 Å². The molecule has 0 saturated carbocycles. The zero-order chi connectivity index (χ0) is 19.3. The van der Waals surface area contributed by atoms with Gasteiger partial charge in [0.2, 0.25) is 0 Å². The topological polar surface area (TPSA) is 101 Å². The molecule has 0 aromatic heterocycles. The molecular weight excluding hydrogens is 400 g/mol. The highest BCUT2D eigenvalue weighted by Gasteiger charge is 2.31. The summed E-state index contributed by atoms with van der Waals surface area (Å²) in [7, 11) is 0. The number of halogens is 1. The monoisotopic (exact) mass is 412 g/mol. The van der Waals surface area contributed by atoms with Gasteiger partial charge in [0.1, 0.15) is 4.32 Å². The fourth-order valence-electron chi connectivity index (χ4n) is 2.10. The third-order valence-corrected chi connectivity index (χ3v) is 4.92. The zero-order valence-electron chi connectivity index (χ0n) is 13.3. The molecule has 0 aliphatic carbocycles. The third kappa shape index (κ3) is 5.38. The summed E-state index contributed by atoms with van der Waals surface area (Å²) in [5.74, 6) is -1.25. The number of carbonyl (C=O) groups is 2. The summed E-state index contributed by atoms with van der Waals surface area (Å²) in [6.45, 7) is 0.234. The van der Waals surface area contributed by atoms with E-state index in [9.17, 15) is 19.7 Å². The second kappa shape index (κ2) is 8.93. The van der Waals surface area contributed by atoms with Crippen molar-refractivity contribution in [3.8, 4) is 0 Å². The summed E-state index contributed by atoms with van der Waals surface area (Å²) in [5.41, 5.74) is 0.620. The van der Waals surface area contributed by atoms with Crippen LogP contribution < -0.4 is 0 Å². The minimum absolute atomic E-state index is 0.0273. The van der Waals surface area contributed by atoms with Crippen molar-refractivity contribution in [1.29, 1.82) is 0 Å². The van der Waals surface area contributed by atoms with E-state index in [0.29, 0.717) is 21.2 Å². The number of hydrogen-bond donors (Lipinski definition) is 1. The Bertz CT molecular complexity index is 820. The van der Waals surface area contributed by atoms with Gasteiger partial charge in [0.05, 0.1) is 9.83 Å². The number of thiocarbonyl (C=S) groups is 1. The van der Waals surface area contributed by atoms with Gasteiger partial charge in [-0.1, -0.05) is 35.6 Å². The highest BCUT2D eigenvalue weighted by molar-refractivity contribution is 8.26. The van der Waals surface area contributed by atoms with E-state index in [1.165, 1.54) is 23.1 Å². The Kier molecular flexibility index (Phi) is 6.90. The number of aliphatic carboxylic acids is 1. The molecule has 0 unspecified atom stereocenters. The molecule has 1 heterocycles. The molecule has 1 aliphatic heterocycles. The Morgan fingerprint density at radius 3 is 2.62 bits per heavy atom. The van der Waals surface area contributed by atoms with Crippen molar-refractivity contribution in [2.75, 3.05) is 6.54 Å². The molecule has 1 N–H and O–H groups in total. The second-order valence-electron chi connectivity index (χ2n) is 5.21. The van der Waals surface area contributed by atoms with Crippen LogP contribution in [0, 0.1) is 10.1 Å². The van der Waals surface area contributed by atoms with E-state index in [1.54, 1.807) is 18.2 Å². The number of allylic oxidation sites excluding steroid dienone is 2. The van der Waals surface area contributed by atoms with Crippen molar-refractivity contribution in [3.63, 3.8) is 0 Å². The smallest absolute Gasteiger partial charge is 0.303 e. The number of carboxylic acids is 1. The van der Waals surface area contributed by atoms with Gasteiger partial charge in [0.25, 0.3) is 11.6 Å². The number of nitrogens with zero attached hydrogens (tertiary/aromatic N) is 2. The van der Waals surface area contributed by atoms with Crippen LogP contribution in [0.2, 0.25) is 0 Å². The first-order valence-corrected chi connectivity index (χ1v) is 8.97. The summed E-state index contributed by atoms with van der Waals surface area (Å²) >= 11 is 12.4. The largest absolute Gasteiger partial charge is 0.481 e. The maximum absolute atomic E-state index is 12.3. The van der Waals surface area contributed by atoms with Crippen LogP contribution in [-0.2, 0) is 9.59 Å². The third-order valence-electron chi connectivity index (χ3n) is 3.32. The van der Waals surface area contributed by atoms with E-state index in [0.717, 1.165) is 11.8 Å². The van der Waals surface area contributed by atoms with Crippen molar-refractivity contribution in [1.82, 2.24) is 4.90 Å². The molecule has 26 heavy (non-hydrogen) atoms. The Morgan fingerprint density at radius 1 is 1.38 bits per heavy atom. The molecule has 0 bridgehead atoms. The predicted molar refractivity (Wildman–Crippen MR) is 104 cm³/mol. The molecule has 2 rings (SSSR count). The number of rotatable bonds is 7. The van der Waals surface area contributed by atoms with Crippen molar-refractivity contribution in [3.05, 3.63) is 56.0 Å². The fraction of sp³-hybridized carbons (Fsp3) is 0.188. The molecule has 0 spiro atoms. The van der Waals surface area contributed by atoms with E-state index < -0.39 is 10.9 Å². The van der Waals surface area contributed by atoms with Crippen LogP contribution >= 0.6 is 35.6 Å². The lowest BCUT2D eigenvalue weighted by Crippen LogP contribution is -2.29. The summed E-state index contributed by atoms with van der Waals surface area (Å²) < 4.78 is 0.353. The average Bonchev–Trinajstić information content (AvgIpc) is 2.82. The maximum Gasteiger partial charge on any atom is 0.303 e. The van der Waals surface area contributed by atoms with E-state index in [-0.39, 0.29) is 29.6 Å². The summed E-state index contributed by atoms with van der Waals surface area (Å²) in [6, 6.07) is 5.81. The van der Waals surface area contributed by atoms with Gasteiger partial charge in [-0.25, -0.2) is 0 Å². The first kappa shape index (κ1) is 20.1. The summed E-state index contributed by atoms with van der Waals surface area (Å²) in [4.78, 5) is 34.7. The first-order valence-electron chi connectivity index (χ1n) is 7.37. The molecule has 10 heteroatoms. The summed E-state index contributed by atoms with van der Waals surface area (Å²) in [5, 5.41) is 19.6. The normalized spacial score (nSPS) is 16.4. The van der Waals surface area contributed by atoms with Crippen LogP contribution in [0.4, 0.5) is 5.69 Å². The number of nitro groups is 1. The van der Waals surface area contributed by atoms with Gasteiger partial charge >= 0.3 is 5.97 Å². The number of amides is 1. The molecular formula is C16H13ClN2O5S2. The number of carboxylic acid groups (broad SMARTS) is 1. The Hall–Kier alpha value is -2.23. The minimum atomic E-state index is -0.931. The minimum Gasteiger partial charge on any atom is -0.481 e. The van der Waals surface area contributed by atoms with E-state index in [2.05, 4.69) is 0 Å². The van der Waals surface area contributed by atoms with Crippen LogP contribution in [0.25, 0.3) is 6.08 Å². The molecule has 136 valence electrons. The van der Waals surface area contributed by atoms with Crippen molar-refractivity contribution in [2.45, 2.75) is 12.8 Å². The first-order chi connectivity index (χ1) is 12.3. The van der Waals surface area contributed by atoms with Crippen molar-refractivity contribution in [2.24, 2.45) is 0 Å². The fourth-order valence-corrected chi connectivity index (χ4v) is 3.70. The average molecular weight is 413 g/mol. The Labute approximate surface area is 163 Å². The van der Waals surface area contributed by atoms with Gasteiger partial charge in [-0.05, 0) is 36.3 Å². The lowest BCUT2D eigenvalue weighted by atomic mass is 10.2. The molecule has 1 saturated heterocycles. The Morgan fingerprint density at radius 2 is 2.04 bits per heavy atom. The van der Waals surface area contributed by atoms with E-state index >= 15 is 0 Å². The van der Waals surface area contributed by atoms with Crippen molar-refractivity contribution < 1.29 is 19.6 Å². The molecule has 1 aromatic rings. The molecule has 0 radical (unpaired) electrons. The van der Waals surface area contributed by atoms with Crippen LogP contribution in [0.15, 0.2) is 40.3 Å². The lowest BCUT2D eigenvalue weighted by molar-refractivity contribution is -0.384. The molecule has 0 atom stereocenters. The standard InChI is InChI=1S/C16H13ClN2O5S2/c17-11(8-10-3-5-12(6-4-10)19(23)24)9-13-15(22)18(16(25)26-13)7-1-2-14(20)21/h3-6,8-9H,1-2,7H2,(H,20,21)/b11-8-,13-9+. The number of thioether (sulfide) groups is 1. The van der Waals surface area contributed by atoms with Crippen LogP contribution in [0.1, 0.15) is 18.4 Å². The lowest BCUT2D eigenvalue weighted by Gasteiger charge is -2.13. The van der Waals surface area contributed by atoms with Gasteiger partial charge in [-0.15, -0.1) is 0 Å². The molecule has 1 aliphatic rings. The van der Waals surface area contributed by atoms with Gasteiger partial charge < -0.3 is 5.11 Å². The number of hydrogen-bond acceptors (Lipinski definition) is 6. The van der Waals surface area contributed by atoms with Gasteiger partial charge in [-0.3, -0.25) is 24.6 Å². The number of benzene rings is 1. The SMILES string of the molecule is O=C(O)CCCN1C(=O)/C(=C\C(Cl)=C\c2ccc([N+](=O)[O-])cc2)SC1=S. The molecule has 1 aromatic carbocycles. The van der Waals surface area contributed by atoms with Gasteiger partial charge in [0, 0.05) is 30.1 Å². The number of non-ortho nitro benzene ring substituents is 1. The van der Waals surface area contributed by atoms with Crippen LogP contribution in [0.3, 0.4) is 0 Å². The van der Waals surface area contributed by atoms with Gasteiger partial charge in [0.15, 0.2) is 0 Å². The number of nitro benzene ring substituents is 1. The second-order valence-corrected chi connectivity index (χ2v) is 7.32. The number of carbonyl (C=O) groups excluding carboxylic acids is 1. The molecule has 7 nitrogen and oxygen atoms in total. The molecule has 1 amide bonds. The van der Waals surface area contributed by atoms with E-state index in [1.807, 2.05) is 0 Å². The summed E-state index contributed by atoms with van der Waals surface area (Å²) in [6.07, 6.45) is 3.31. The van der Waals surface area contributed by atoms with Crippen molar-refractivity contribution >= 4 is 63.5 Å². The predicted octanol–water partition coefficient (Wildman–Crippen LogP) is 3.78. The zero-order valence-corrected chi connectivity index (χ0v) is 15.6. The van der Waals surface area contributed by atoms with Crippen LogP contribution in [-0.4, -0.2) is 37.7 Å². The quantitative estimate of drug-likeness (QED) is 0.314. The Balaban J connectivity index is 2.08. The maximum atomic E-state index is 12.3. The molecule has 1 fully saturated rings. The van der Waals surface area contributed by atoms with E-state index in [4.69, 9.17) is 28.9 Å².